The number of nitrogens with zero attached hydrogens (tertiary/aromatic N) is 1. The fraction of sp³-hybridized carbons (Fsp3) is 0.333. The summed E-state index contributed by atoms with van der Waals surface area (Å²) in [6, 6.07) is 8.23. The van der Waals surface area contributed by atoms with Crippen molar-refractivity contribution in [2.75, 3.05) is 42.9 Å². The average Bonchev–Trinajstić information content (AvgIpc) is 3.01. The normalized spacial score (nSPS) is 17.8. The summed E-state index contributed by atoms with van der Waals surface area (Å²) < 4.78 is 68.5. The van der Waals surface area contributed by atoms with Gasteiger partial charge in [-0.15, -0.1) is 8.78 Å². The summed E-state index contributed by atoms with van der Waals surface area (Å²) in [5.41, 5.74) is 0.742. The zero-order valence-electron chi connectivity index (χ0n) is 15.4. The van der Waals surface area contributed by atoms with E-state index in [-0.39, 0.29) is 22.1 Å². The minimum atomic E-state index is -3.98. The molecule has 0 aliphatic carbocycles. The number of anilines is 2. The number of ether oxygens (including phenoxy) is 3. The monoisotopic (exact) mass is 427 g/mol. The van der Waals surface area contributed by atoms with E-state index in [0.29, 0.717) is 24.5 Å². The summed E-state index contributed by atoms with van der Waals surface area (Å²) in [5.74, 6) is 0.158. The molecule has 0 spiro atoms. The lowest BCUT2D eigenvalue weighted by Gasteiger charge is -2.30. The molecule has 0 aromatic heterocycles. The molecule has 0 saturated carbocycles. The quantitative estimate of drug-likeness (QED) is 0.757. The predicted octanol–water partition coefficient (Wildman–Crippen LogP) is 2.23. The van der Waals surface area contributed by atoms with Crippen molar-refractivity contribution < 1.29 is 31.4 Å². The number of alkyl halides is 2. The average molecular weight is 427 g/mol. The molecular weight excluding hydrogens is 408 g/mol. The van der Waals surface area contributed by atoms with Crippen molar-refractivity contribution in [3.63, 3.8) is 0 Å². The Bertz CT molecular complexity index is 1030. The SMILES string of the molecule is COc1ccc(S(=O)(=O)Nc2ccc3c(c2)OC(F)(F)O3)cc1N1CCNCC1. The maximum absolute atomic E-state index is 13.2. The molecule has 2 heterocycles. The summed E-state index contributed by atoms with van der Waals surface area (Å²) in [6.07, 6.45) is -3.77. The third-order valence-electron chi connectivity index (χ3n) is 4.57. The Balaban J connectivity index is 1.61. The number of nitrogens with one attached hydrogen (secondary N) is 2. The van der Waals surface area contributed by atoms with Gasteiger partial charge in [-0.1, -0.05) is 0 Å². The Morgan fingerprint density at radius 1 is 1.10 bits per heavy atom. The molecule has 8 nitrogen and oxygen atoms in total. The molecule has 0 atom stereocenters. The molecule has 1 fully saturated rings. The Morgan fingerprint density at radius 2 is 1.83 bits per heavy atom. The largest absolute Gasteiger partial charge is 0.586 e. The van der Waals surface area contributed by atoms with Crippen molar-refractivity contribution >= 4 is 21.4 Å². The van der Waals surface area contributed by atoms with Gasteiger partial charge in [-0.2, -0.15) is 0 Å². The molecule has 2 aliphatic rings. The minimum Gasteiger partial charge on any atom is -0.495 e. The van der Waals surface area contributed by atoms with E-state index in [1.807, 2.05) is 4.90 Å². The van der Waals surface area contributed by atoms with Crippen molar-refractivity contribution in [3.8, 4) is 17.2 Å². The first-order chi connectivity index (χ1) is 13.8. The molecule has 156 valence electrons. The molecule has 2 aliphatic heterocycles. The van der Waals surface area contributed by atoms with Gasteiger partial charge >= 0.3 is 6.29 Å². The second-order valence-corrected chi connectivity index (χ2v) is 8.19. The van der Waals surface area contributed by atoms with Gasteiger partial charge in [-0.3, -0.25) is 4.72 Å². The summed E-state index contributed by atoms with van der Waals surface area (Å²) in [7, 11) is -2.45. The van der Waals surface area contributed by atoms with Gasteiger partial charge in [0.15, 0.2) is 11.5 Å². The zero-order chi connectivity index (χ0) is 20.6. The van der Waals surface area contributed by atoms with E-state index in [1.54, 1.807) is 6.07 Å². The molecule has 2 N–H and O–H groups in total. The van der Waals surface area contributed by atoms with Crippen LogP contribution in [0.15, 0.2) is 41.3 Å². The summed E-state index contributed by atoms with van der Waals surface area (Å²) in [5, 5.41) is 3.24. The first-order valence-electron chi connectivity index (χ1n) is 8.84. The molecule has 2 aromatic rings. The summed E-state index contributed by atoms with van der Waals surface area (Å²) >= 11 is 0. The van der Waals surface area contributed by atoms with Gasteiger partial charge in [0, 0.05) is 32.2 Å². The predicted molar refractivity (Wildman–Crippen MR) is 102 cm³/mol. The van der Waals surface area contributed by atoms with Crippen molar-refractivity contribution in [2.45, 2.75) is 11.2 Å². The van der Waals surface area contributed by atoms with E-state index < -0.39 is 16.3 Å². The highest BCUT2D eigenvalue weighted by atomic mass is 32.2. The van der Waals surface area contributed by atoms with Crippen molar-refractivity contribution in [1.29, 1.82) is 0 Å². The van der Waals surface area contributed by atoms with Crippen molar-refractivity contribution in [3.05, 3.63) is 36.4 Å². The van der Waals surface area contributed by atoms with Gasteiger partial charge in [-0.05, 0) is 30.3 Å². The van der Waals surface area contributed by atoms with Crippen LogP contribution >= 0.6 is 0 Å². The van der Waals surface area contributed by atoms with Gasteiger partial charge < -0.3 is 24.4 Å². The van der Waals surface area contributed by atoms with Crippen LogP contribution < -0.4 is 29.1 Å². The first kappa shape index (κ1) is 19.5. The lowest BCUT2D eigenvalue weighted by Crippen LogP contribution is -2.43. The molecule has 0 amide bonds. The molecule has 29 heavy (non-hydrogen) atoms. The summed E-state index contributed by atoms with van der Waals surface area (Å²) in [6.45, 7) is 2.98. The van der Waals surface area contributed by atoms with Crippen molar-refractivity contribution in [1.82, 2.24) is 5.32 Å². The van der Waals surface area contributed by atoms with Gasteiger partial charge in [0.1, 0.15) is 5.75 Å². The molecule has 0 bridgehead atoms. The van der Waals surface area contributed by atoms with Gasteiger partial charge in [-0.25, -0.2) is 8.42 Å². The Labute approximate surface area is 166 Å². The third kappa shape index (κ3) is 4.01. The second kappa shape index (κ2) is 7.23. The van der Waals surface area contributed by atoms with E-state index >= 15 is 0 Å². The summed E-state index contributed by atoms with van der Waals surface area (Å²) in [4.78, 5) is 2.06. The first-order valence-corrected chi connectivity index (χ1v) is 10.3. The van der Waals surface area contributed by atoms with Crippen LogP contribution in [0.3, 0.4) is 0 Å². The van der Waals surface area contributed by atoms with E-state index in [9.17, 15) is 17.2 Å². The maximum atomic E-state index is 13.2. The number of sulfonamides is 1. The van der Waals surface area contributed by atoms with Crippen LogP contribution in [0.4, 0.5) is 20.2 Å². The van der Waals surface area contributed by atoms with E-state index in [0.717, 1.165) is 19.2 Å². The topological polar surface area (TPSA) is 89.1 Å². The number of benzene rings is 2. The third-order valence-corrected chi connectivity index (χ3v) is 5.95. The standard InChI is InChI=1S/C18H19F2N3O5S/c1-26-15-5-3-13(11-14(15)23-8-6-21-7-9-23)29(24,25)22-12-2-4-16-17(10-12)28-18(19,20)27-16/h2-5,10-11,21-22H,6-9H2,1H3. The zero-order valence-corrected chi connectivity index (χ0v) is 16.3. The van der Waals surface area contributed by atoms with Crippen LogP contribution in [0.25, 0.3) is 0 Å². The maximum Gasteiger partial charge on any atom is 0.586 e. The minimum absolute atomic E-state index is 0.0230. The number of rotatable bonds is 5. The van der Waals surface area contributed by atoms with Crippen LogP contribution in [0.1, 0.15) is 0 Å². The van der Waals surface area contributed by atoms with Gasteiger partial charge in [0.2, 0.25) is 0 Å². The van der Waals surface area contributed by atoms with Crippen LogP contribution in [-0.2, 0) is 10.0 Å². The molecule has 1 saturated heterocycles. The molecule has 4 rings (SSSR count). The molecule has 0 unspecified atom stereocenters. The highest BCUT2D eigenvalue weighted by Crippen LogP contribution is 2.42. The van der Waals surface area contributed by atoms with Gasteiger partial charge in [0.25, 0.3) is 10.0 Å². The number of piperazine rings is 1. The van der Waals surface area contributed by atoms with E-state index in [4.69, 9.17) is 4.74 Å². The number of halogens is 2. The fourth-order valence-electron chi connectivity index (χ4n) is 3.22. The second-order valence-electron chi connectivity index (χ2n) is 6.51. The Kier molecular flexibility index (Phi) is 4.87. The smallest absolute Gasteiger partial charge is 0.495 e. The highest BCUT2D eigenvalue weighted by molar-refractivity contribution is 7.92. The number of hydrogen-bond donors (Lipinski definition) is 2. The van der Waals surface area contributed by atoms with Crippen LogP contribution in [0, 0.1) is 0 Å². The fourth-order valence-corrected chi connectivity index (χ4v) is 4.29. The molecule has 2 aromatic carbocycles. The number of fused-ring (bicyclic) bond motifs is 1. The Hall–Kier alpha value is -2.79. The molecule has 0 radical (unpaired) electrons. The van der Waals surface area contributed by atoms with Crippen LogP contribution in [0.5, 0.6) is 17.2 Å². The van der Waals surface area contributed by atoms with Crippen LogP contribution in [-0.4, -0.2) is 48.0 Å². The van der Waals surface area contributed by atoms with Gasteiger partial charge in [0.05, 0.1) is 23.4 Å². The van der Waals surface area contributed by atoms with Crippen LogP contribution in [0.2, 0.25) is 0 Å². The lowest BCUT2D eigenvalue weighted by molar-refractivity contribution is -0.286. The van der Waals surface area contributed by atoms with Crippen molar-refractivity contribution in [2.24, 2.45) is 0 Å². The molecule has 11 heteroatoms. The number of methoxy groups -OCH3 is 1. The highest BCUT2D eigenvalue weighted by Gasteiger charge is 2.43. The van der Waals surface area contributed by atoms with E-state index in [1.165, 1.54) is 31.4 Å². The molecular formula is C18H19F2N3O5S. The number of hydrogen-bond acceptors (Lipinski definition) is 7. The lowest BCUT2D eigenvalue weighted by atomic mass is 10.2. The Morgan fingerprint density at radius 3 is 2.55 bits per heavy atom. The van der Waals surface area contributed by atoms with E-state index in [2.05, 4.69) is 19.5 Å².